The number of aliphatic carboxylic acids is 1. The van der Waals surface area contributed by atoms with E-state index in [1.165, 1.54) is 51.4 Å². The fourth-order valence-electron chi connectivity index (χ4n) is 2.91. The zero-order valence-corrected chi connectivity index (χ0v) is 18.2. The lowest BCUT2D eigenvalue weighted by Gasteiger charge is -2.24. The van der Waals surface area contributed by atoms with Crippen LogP contribution in [0.1, 0.15) is 90.4 Å². The van der Waals surface area contributed by atoms with Gasteiger partial charge in [0.2, 0.25) is 0 Å². The van der Waals surface area contributed by atoms with Crippen LogP contribution in [0.4, 0.5) is 0 Å². The third kappa shape index (κ3) is 19.6. The van der Waals surface area contributed by atoms with Gasteiger partial charge < -0.3 is 9.53 Å². The summed E-state index contributed by atoms with van der Waals surface area (Å²) in [5.74, 6) is -0.669. The molecule has 148 valence electrons. The molecule has 0 fully saturated rings. The van der Waals surface area contributed by atoms with Crippen LogP contribution in [0.2, 0.25) is 19.6 Å². The molecule has 0 rings (SSSR count). The molecule has 4 heteroatoms. The molecular weight excluding hydrogens is 328 g/mol. The highest BCUT2D eigenvalue weighted by molar-refractivity contribution is 6.69. The second kappa shape index (κ2) is 15.6. The third-order valence-electron chi connectivity index (χ3n) is 4.21. The molecule has 0 aliphatic carbocycles. The minimum Gasteiger partial charge on any atom is -0.481 e. The van der Waals surface area contributed by atoms with E-state index in [0.29, 0.717) is 12.5 Å². The van der Waals surface area contributed by atoms with Gasteiger partial charge in [0.15, 0.2) is 8.32 Å². The molecule has 0 saturated carbocycles. The van der Waals surface area contributed by atoms with Crippen molar-refractivity contribution in [2.75, 3.05) is 0 Å². The molecule has 1 atom stereocenters. The first-order valence-electron chi connectivity index (χ1n) is 10.4. The SMILES string of the molecule is CCCCCC(/C=C/CCCCCCCCCC(=O)O)O[Si](C)(C)C. The van der Waals surface area contributed by atoms with Crippen LogP contribution < -0.4 is 0 Å². The van der Waals surface area contributed by atoms with Crippen LogP contribution in [0.3, 0.4) is 0 Å². The van der Waals surface area contributed by atoms with Gasteiger partial charge in [-0.1, -0.05) is 70.4 Å². The lowest BCUT2D eigenvalue weighted by Crippen LogP contribution is -2.31. The molecule has 1 unspecified atom stereocenters. The molecule has 0 amide bonds. The van der Waals surface area contributed by atoms with Gasteiger partial charge in [-0.05, 0) is 45.3 Å². The molecule has 0 saturated heterocycles. The molecule has 0 bridgehead atoms. The molecule has 0 aromatic rings. The number of carbonyl (C=O) groups is 1. The Balaban J connectivity index is 3.73. The van der Waals surface area contributed by atoms with E-state index in [9.17, 15) is 4.79 Å². The van der Waals surface area contributed by atoms with Gasteiger partial charge in [0, 0.05) is 6.42 Å². The van der Waals surface area contributed by atoms with Crippen molar-refractivity contribution in [1.82, 2.24) is 0 Å². The van der Waals surface area contributed by atoms with Gasteiger partial charge in [-0.15, -0.1) is 0 Å². The fraction of sp³-hybridized carbons (Fsp3) is 0.857. The van der Waals surface area contributed by atoms with Gasteiger partial charge in [-0.25, -0.2) is 0 Å². The van der Waals surface area contributed by atoms with Gasteiger partial charge in [0.05, 0.1) is 6.10 Å². The Hall–Kier alpha value is -0.613. The third-order valence-corrected chi connectivity index (χ3v) is 5.22. The maximum Gasteiger partial charge on any atom is 0.303 e. The summed E-state index contributed by atoms with van der Waals surface area (Å²) >= 11 is 0. The highest BCUT2D eigenvalue weighted by Gasteiger charge is 2.18. The summed E-state index contributed by atoms with van der Waals surface area (Å²) in [6, 6.07) is 0. The normalized spacial score (nSPS) is 13.4. The van der Waals surface area contributed by atoms with E-state index in [-0.39, 0.29) is 0 Å². The monoisotopic (exact) mass is 370 g/mol. The number of allylic oxidation sites excluding steroid dienone is 1. The number of unbranched alkanes of at least 4 members (excludes halogenated alkanes) is 9. The van der Waals surface area contributed by atoms with Crippen LogP contribution in [0, 0.1) is 0 Å². The average molecular weight is 371 g/mol. The first-order valence-corrected chi connectivity index (χ1v) is 13.8. The fourth-order valence-corrected chi connectivity index (χ4v) is 4.02. The summed E-state index contributed by atoms with van der Waals surface area (Å²) in [6.07, 6.45) is 19.5. The zero-order chi connectivity index (χ0) is 19.0. The minimum atomic E-state index is -1.47. The second-order valence-electron chi connectivity index (χ2n) is 8.10. The Morgan fingerprint density at radius 3 is 2.12 bits per heavy atom. The van der Waals surface area contributed by atoms with Gasteiger partial charge in [-0.3, -0.25) is 4.79 Å². The van der Waals surface area contributed by atoms with Crippen molar-refractivity contribution >= 4 is 14.3 Å². The Morgan fingerprint density at radius 1 is 0.960 bits per heavy atom. The van der Waals surface area contributed by atoms with E-state index in [1.54, 1.807) is 0 Å². The Kier molecular flexibility index (Phi) is 15.2. The standard InChI is InChI=1S/C21H42O3Si/c1-5-6-14-17-20(24-25(2,3)4)18-15-12-10-8-7-9-11-13-16-19-21(22)23/h15,18,20H,5-14,16-17,19H2,1-4H3,(H,22,23)/b18-15+. The zero-order valence-electron chi connectivity index (χ0n) is 17.2. The highest BCUT2D eigenvalue weighted by atomic mass is 28.4. The van der Waals surface area contributed by atoms with E-state index in [0.717, 1.165) is 25.7 Å². The van der Waals surface area contributed by atoms with Crippen molar-refractivity contribution in [1.29, 1.82) is 0 Å². The summed E-state index contributed by atoms with van der Waals surface area (Å²) in [6.45, 7) is 9.05. The van der Waals surface area contributed by atoms with Gasteiger partial charge in [0.25, 0.3) is 0 Å². The van der Waals surface area contributed by atoms with Gasteiger partial charge in [-0.2, -0.15) is 0 Å². The maximum atomic E-state index is 10.4. The van der Waals surface area contributed by atoms with Crippen LogP contribution in [0.5, 0.6) is 0 Å². The molecule has 25 heavy (non-hydrogen) atoms. The van der Waals surface area contributed by atoms with Crippen LogP contribution in [0.25, 0.3) is 0 Å². The van der Waals surface area contributed by atoms with Crippen molar-refractivity contribution in [2.45, 2.75) is 116 Å². The maximum absolute atomic E-state index is 10.4. The Morgan fingerprint density at radius 2 is 1.56 bits per heavy atom. The molecule has 0 spiro atoms. The van der Waals surface area contributed by atoms with Crippen LogP contribution >= 0.6 is 0 Å². The van der Waals surface area contributed by atoms with Crippen LogP contribution in [0.15, 0.2) is 12.2 Å². The van der Waals surface area contributed by atoms with Crippen molar-refractivity contribution in [3.63, 3.8) is 0 Å². The first kappa shape index (κ1) is 24.4. The summed E-state index contributed by atoms with van der Waals surface area (Å²) < 4.78 is 6.29. The number of hydrogen-bond donors (Lipinski definition) is 1. The predicted molar refractivity (Wildman–Crippen MR) is 111 cm³/mol. The largest absolute Gasteiger partial charge is 0.481 e. The van der Waals surface area contributed by atoms with Crippen LogP contribution in [-0.2, 0) is 9.22 Å². The van der Waals surface area contributed by atoms with Crippen molar-refractivity contribution in [3.8, 4) is 0 Å². The van der Waals surface area contributed by atoms with Crippen LogP contribution in [-0.4, -0.2) is 25.5 Å². The van der Waals surface area contributed by atoms with Gasteiger partial charge >= 0.3 is 5.97 Å². The van der Waals surface area contributed by atoms with Crippen molar-refractivity contribution in [2.24, 2.45) is 0 Å². The van der Waals surface area contributed by atoms with E-state index >= 15 is 0 Å². The summed E-state index contributed by atoms with van der Waals surface area (Å²) in [5.41, 5.74) is 0. The lowest BCUT2D eigenvalue weighted by molar-refractivity contribution is -0.137. The molecule has 0 aromatic carbocycles. The minimum absolute atomic E-state index is 0.312. The van der Waals surface area contributed by atoms with E-state index in [4.69, 9.17) is 9.53 Å². The quantitative estimate of drug-likeness (QED) is 0.171. The second-order valence-corrected chi connectivity index (χ2v) is 12.6. The molecule has 0 aliphatic heterocycles. The molecule has 0 aliphatic rings. The number of carboxylic acids is 1. The summed E-state index contributed by atoms with van der Waals surface area (Å²) in [5, 5.41) is 8.59. The molecule has 0 heterocycles. The first-order chi connectivity index (χ1) is 11.8. The molecule has 3 nitrogen and oxygen atoms in total. The molecule has 1 N–H and O–H groups in total. The van der Waals surface area contributed by atoms with E-state index in [2.05, 4.69) is 38.7 Å². The topological polar surface area (TPSA) is 46.5 Å². The Labute approximate surface area is 157 Å². The Bertz CT molecular complexity index is 348. The highest BCUT2D eigenvalue weighted by Crippen LogP contribution is 2.16. The average Bonchev–Trinajstić information content (AvgIpc) is 2.50. The lowest BCUT2D eigenvalue weighted by atomic mass is 10.1. The predicted octanol–water partition coefficient (Wildman–Crippen LogP) is 6.94. The van der Waals surface area contributed by atoms with E-state index < -0.39 is 14.3 Å². The number of rotatable bonds is 17. The molecule has 0 aromatic heterocycles. The summed E-state index contributed by atoms with van der Waals surface area (Å²) in [7, 11) is -1.47. The molecular formula is C21H42O3Si. The van der Waals surface area contributed by atoms with Crippen molar-refractivity contribution in [3.05, 3.63) is 12.2 Å². The number of hydrogen-bond acceptors (Lipinski definition) is 2. The smallest absolute Gasteiger partial charge is 0.303 e. The number of carboxylic acid groups (broad SMARTS) is 1. The van der Waals surface area contributed by atoms with Gasteiger partial charge in [0.1, 0.15) is 0 Å². The van der Waals surface area contributed by atoms with Crippen molar-refractivity contribution < 1.29 is 14.3 Å². The van der Waals surface area contributed by atoms with E-state index in [1.807, 2.05) is 0 Å². The summed E-state index contributed by atoms with van der Waals surface area (Å²) in [4.78, 5) is 10.4. The molecule has 0 radical (unpaired) electrons.